The van der Waals surface area contributed by atoms with Gasteiger partial charge < -0.3 is 10.0 Å². The van der Waals surface area contributed by atoms with Gasteiger partial charge in [-0.3, -0.25) is 4.79 Å². The van der Waals surface area contributed by atoms with E-state index in [1.165, 1.54) is 16.9 Å². The van der Waals surface area contributed by atoms with Gasteiger partial charge in [0.25, 0.3) is 5.56 Å². The molecule has 1 aromatic rings. The van der Waals surface area contributed by atoms with Crippen LogP contribution in [0.4, 0.5) is 0 Å². The third-order valence-corrected chi connectivity index (χ3v) is 3.54. The van der Waals surface area contributed by atoms with Gasteiger partial charge >= 0.3 is 5.97 Å². The summed E-state index contributed by atoms with van der Waals surface area (Å²) in [6.07, 6.45) is 4.20. The minimum atomic E-state index is -1.19. The molecular formula is C13H19N3O3. The van der Waals surface area contributed by atoms with Crippen molar-refractivity contribution >= 4 is 5.97 Å². The van der Waals surface area contributed by atoms with Gasteiger partial charge in [-0.15, -0.1) is 0 Å². The average Bonchev–Trinajstić information content (AvgIpc) is 2.40. The summed E-state index contributed by atoms with van der Waals surface area (Å²) >= 11 is 0. The fourth-order valence-electron chi connectivity index (χ4n) is 2.55. The maximum Gasteiger partial charge on any atom is 0.341 e. The van der Waals surface area contributed by atoms with E-state index in [9.17, 15) is 9.59 Å². The highest BCUT2D eigenvalue weighted by molar-refractivity contribution is 5.86. The molecule has 1 aliphatic rings. The number of nitrogens with zero attached hydrogens (tertiary/aromatic N) is 3. The molecule has 0 unspecified atom stereocenters. The second-order valence-electron chi connectivity index (χ2n) is 4.87. The monoisotopic (exact) mass is 265 g/mol. The van der Waals surface area contributed by atoms with Crippen molar-refractivity contribution in [2.45, 2.75) is 32.2 Å². The van der Waals surface area contributed by atoms with Crippen molar-refractivity contribution in [2.24, 2.45) is 0 Å². The number of hydrogen-bond donors (Lipinski definition) is 1. The first-order chi connectivity index (χ1) is 9.13. The lowest BCUT2D eigenvalue weighted by atomic mass is 10.0. The van der Waals surface area contributed by atoms with Crippen LogP contribution >= 0.6 is 0 Å². The molecule has 1 fully saturated rings. The first kappa shape index (κ1) is 13.7. The predicted molar refractivity (Wildman–Crippen MR) is 70.5 cm³/mol. The molecule has 1 aromatic heterocycles. The Morgan fingerprint density at radius 3 is 2.74 bits per heavy atom. The van der Waals surface area contributed by atoms with Crippen LogP contribution in [0.2, 0.25) is 0 Å². The quantitative estimate of drug-likeness (QED) is 0.878. The van der Waals surface area contributed by atoms with Gasteiger partial charge in [-0.2, -0.15) is 5.10 Å². The lowest BCUT2D eigenvalue weighted by molar-refractivity contribution is 0.0692. The number of carboxylic acids is 1. The van der Waals surface area contributed by atoms with Crippen molar-refractivity contribution in [1.29, 1.82) is 0 Å². The van der Waals surface area contributed by atoms with Gasteiger partial charge in [0.2, 0.25) is 0 Å². The summed E-state index contributed by atoms with van der Waals surface area (Å²) in [7, 11) is 0. The number of hydrogen-bond acceptors (Lipinski definition) is 4. The van der Waals surface area contributed by atoms with Gasteiger partial charge in [0.1, 0.15) is 5.56 Å². The topological polar surface area (TPSA) is 75.4 Å². The normalized spacial score (nSPS) is 17.5. The first-order valence-electron chi connectivity index (χ1n) is 6.67. The summed E-state index contributed by atoms with van der Waals surface area (Å²) in [5.41, 5.74) is -0.699. The van der Waals surface area contributed by atoms with Gasteiger partial charge in [-0.1, -0.05) is 6.92 Å². The largest absolute Gasteiger partial charge is 0.477 e. The Morgan fingerprint density at radius 2 is 2.16 bits per heavy atom. The Balaban J connectivity index is 2.14. The number of likely N-dealkylation sites (tertiary alicyclic amines) is 1. The minimum Gasteiger partial charge on any atom is -0.477 e. The van der Waals surface area contributed by atoms with E-state index in [4.69, 9.17) is 5.11 Å². The zero-order valence-corrected chi connectivity index (χ0v) is 11.1. The zero-order chi connectivity index (χ0) is 13.8. The molecule has 0 amide bonds. The third-order valence-electron chi connectivity index (χ3n) is 3.54. The molecule has 19 heavy (non-hydrogen) atoms. The Morgan fingerprint density at radius 1 is 1.47 bits per heavy atom. The highest BCUT2D eigenvalue weighted by Gasteiger charge is 2.23. The van der Waals surface area contributed by atoms with Crippen molar-refractivity contribution in [1.82, 2.24) is 14.7 Å². The SMILES string of the molecule is CCCN1CCC(n2nccc(C(=O)O)c2=O)CC1. The van der Waals surface area contributed by atoms with Gasteiger partial charge in [0.15, 0.2) is 0 Å². The van der Waals surface area contributed by atoms with Crippen molar-refractivity contribution in [3.63, 3.8) is 0 Å². The molecule has 1 saturated heterocycles. The van der Waals surface area contributed by atoms with Crippen LogP contribution in [0, 0.1) is 0 Å². The molecule has 1 N–H and O–H groups in total. The Bertz CT molecular complexity index is 504. The highest BCUT2D eigenvalue weighted by atomic mass is 16.4. The molecular weight excluding hydrogens is 246 g/mol. The van der Waals surface area contributed by atoms with E-state index in [0.717, 1.165) is 38.9 Å². The molecule has 6 nitrogen and oxygen atoms in total. The summed E-state index contributed by atoms with van der Waals surface area (Å²) in [5, 5.41) is 13.0. The van der Waals surface area contributed by atoms with E-state index in [2.05, 4.69) is 16.9 Å². The second-order valence-corrected chi connectivity index (χ2v) is 4.87. The van der Waals surface area contributed by atoms with Gasteiger partial charge in [-0.05, 0) is 31.9 Å². The lowest BCUT2D eigenvalue weighted by Crippen LogP contribution is -2.39. The van der Waals surface area contributed by atoms with Crippen molar-refractivity contribution < 1.29 is 9.90 Å². The Hall–Kier alpha value is -1.69. The van der Waals surface area contributed by atoms with E-state index in [0.29, 0.717) is 0 Å². The summed E-state index contributed by atoms with van der Waals surface area (Å²) in [5.74, 6) is -1.19. The molecule has 0 atom stereocenters. The fraction of sp³-hybridized carbons (Fsp3) is 0.615. The Kier molecular flexibility index (Phi) is 4.31. The number of piperidine rings is 1. The van der Waals surface area contributed by atoms with Crippen molar-refractivity contribution in [2.75, 3.05) is 19.6 Å². The molecule has 0 bridgehead atoms. The molecule has 6 heteroatoms. The molecule has 1 aliphatic heterocycles. The van der Waals surface area contributed by atoms with Crippen molar-refractivity contribution in [3.8, 4) is 0 Å². The van der Waals surface area contributed by atoms with Gasteiger partial charge in [0, 0.05) is 19.3 Å². The van der Waals surface area contributed by atoms with E-state index in [1.807, 2.05) is 0 Å². The number of carbonyl (C=O) groups is 1. The molecule has 0 aromatic carbocycles. The van der Waals surface area contributed by atoms with E-state index in [-0.39, 0.29) is 11.6 Å². The maximum atomic E-state index is 12.0. The minimum absolute atomic E-state index is 0.0138. The zero-order valence-electron chi connectivity index (χ0n) is 11.1. The standard InChI is InChI=1S/C13H19N3O3/c1-2-7-15-8-4-10(5-9-15)16-12(17)11(13(18)19)3-6-14-16/h3,6,10H,2,4-5,7-9H2,1H3,(H,18,19). The van der Waals surface area contributed by atoms with Crippen LogP contribution < -0.4 is 5.56 Å². The first-order valence-corrected chi connectivity index (χ1v) is 6.67. The molecule has 104 valence electrons. The number of carboxylic acid groups (broad SMARTS) is 1. The molecule has 0 radical (unpaired) electrons. The fourth-order valence-corrected chi connectivity index (χ4v) is 2.55. The maximum absolute atomic E-state index is 12.0. The summed E-state index contributed by atoms with van der Waals surface area (Å²) in [6, 6.07) is 1.27. The smallest absolute Gasteiger partial charge is 0.341 e. The molecule has 0 spiro atoms. The van der Waals surface area contributed by atoms with Gasteiger partial charge in [0.05, 0.1) is 6.04 Å². The number of rotatable bonds is 4. The van der Waals surface area contributed by atoms with Crippen LogP contribution in [-0.2, 0) is 0 Å². The van der Waals surface area contributed by atoms with Crippen LogP contribution in [0.25, 0.3) is 0 Å². The summed E-state index contributed by atoms with van der Waals surface area (Å²) in [4.78, 5) is 25.3. The molecule has 0 aliphatic carbocycles. The van der Waals surface area contributed by atoms with Crippen LogP contribution in [0.15, 0.2) is 17.1 Å². The van der Waals surface area contributed by atoms with E-state index in [1.54, 1.807) is 0 Å². The van der Waals surface area contributed by atoms with Crippen LogP contribution in [-0.4, -0.2) is 45.4 Å². The summed E-state index contributed by atoms with van der Waals surface area (Å²) in [6.45, 7) is 5.09. The Labute approximate surface area is 111 Å². The average molecular weight is 265 g/mol. The lowest BCUT2D eigenvalue weighted by Gasteiger charge is -2.31. The van der Waals surface area contributed by atoms with E-state index < -0.39 is 11.5 Å². The second kappa shape index (κ2) is 5.97. The van der Waals surface area contributed by atoms with Crippen LogP contribution in [0.3, 0.4) is 0 Å². The summed E-state index contributed by atoms with van der Waals surface area (Å²) < 4.78 is 1.34. The van der Waals surface area contributed by atoms with Crippen LogP contribution in [0.1, 0.15) is 42.6 Å². The van der Waals surface area contributed by atoms with Crippen molar-refractivity contribution in [3.05, 3.63) is 28.2 Å². The third kappa shape index (κ3) is 3.01. The molecule has 0 saturated carbocycles. The number of aromatic nitrogens is 2. The predicted octanol–water partition coefficient (Wildman–Crippen LogP) is 0.988. The van der Waals surface area contributed by atoms with Crippen LogP contribution in [0.5, 0.6) is 0 Å². The highest BCUT2D eigenvalue weighted by Crippen LogP contribution is 2.20. The number of aromatic carboxylic acids is 1. The van der Waals surface area contributed by atoms with Gasteiger partial charge in [-0.25, -0.2) is 9.48 Å². The molecule has 2 rings (SSSR count). The van der Waals surface area contributed by atoms with E-state index >= 15 is 0 Å². The molecule has 2 heterocycles.